The van der Waals surface area contributed by atoms with Crippen LogP contribution in [0.2, 0.25) is 0 Å². The summed E-state index contributed by atoms with van der Waals surface area (Å²) >= 11 is 0. The van der Waals surface area contributed by atoms with Crippen molar-refractivity contribution in [3.63, 3.8) is 0 Å². The molecule has 0 aliphatic carbocycles. The molecule has 3 rings (SSSR count). The number of rotatable bonds is 5. The van der Waals surface area contributed by atoms with Crippen LogP contribution < -0.4 is 15.4 Å². The van der Waals surface area contributed by atoms with E-state index < -0.39 is 18.0 Å². The summed E-state index contributed by atoms with van der Waals surface area (Å²) in [4.78, 5) is 50.9. The minimum Gasteiger partial charge on any atom is -0.497 e. The molecule has 2 saturated heterocycles. The van der Waals surface area contributed by atoms with Gasteiger partial charge >= 0.3 is 6.03 Å². The highest BCUT2D eigenvalue weighted by molar-refractivity contribution is 6.04. The molecular weight excluding hydrogens is 352 g/mol. The van der Waals surface area contributed by atoms with E-state index in [9.17, 15) is 19.2 Å². The van der Waals surface area contributed by atoms with Crippen LogP contribution in [0.1, 0.15) is 23.2 Å². The third-order valence-corrected chi connectivity index (χ3v) is 4.74. The van der Waals surface area contributed by atoms with Crippen LogP contribution in [0.15, 0.2) is 24.3 Å². The summed E-state index contributed by atoms with van der Waals surface area (Å²) in [5.41, 5.74) is 0.553. The van der Waals surface area contributed by atoms with Gasteiger partial charge in [0.05, 0.1) is 7.11 Å². The lowest BCUT2D eigenvalue weighted by atomic mass is 10.1. The largest absolute Gasteiger partial charge is 0.497 e. The maximum absolute atomic E-state index is 12.6. The lowest BCUT2D eigenvalue weighted by Gasteiger charge is -2.35. The second-order valence-corrected chi connectivity index (χ2v) is 6.46. The number of carbonyl (C=O) groups is 4. The number of nitrogens with zero attached hydrogens (tertiary/aromatic N) is 2. The zero-order chi connectivity index (χ0) is 19.4. The predicted octanol–water partition coefficient (Wildman–Crippen LogP) is -0.0322. The third-order valence-electron chi connectivity index (χ3n) is 4.74. The van der Waals surface area contributed by atoms with Crippen LogP contribution in [0.5, 0.6) is 5.75 Å². The molecular formula is C18H22N4O5. The second-order valence-electron chi connectivity index (χ2n) is 6.46. The van der Waals surface area contributed by atoms with Gasteiger partial charge in [-0.1, -0.05) is 6.07 Å². The Labute approximate surface area is 156 Å². The monoisotopic (exact) mass is 374 g/mol. The van der Waals surface area contributed by atoms with Crippen LogP contribution in [0.3, 0.4) is 0 Å². The number of ether oxygens (including phenoxy) is 1. The Morgan fingerprint density at radius 1 is 1.15 bits per heavy atom. The van der Waals surface area contributed by atoms with E-state index in [-0.39, 0.29) is 24.7 Å². The van der Waals surface area contributed by atoms with E-state index in [4.69, 9.17) is 4.74 Å². The normalized spacial score (nSPS) is 19.5. The first kappa shape index (κ1) is 18.7. The summed E-state index contributed by atoms with van der Waals surface area (Å²) in [7, 11) is 1.55. The molecule has 0 aromatic heterocycles. The quantitative estimate of drug-likeness (QED) is 0.704. The molecule has 0 spiro atoms. The van der Waals surface area contributed by atoms with Crippen molar-refractivity contribution < 1.29 is 23.9 Å². The van der Waals surface area contributed by atoms with Gasteiger partial charge in [-0.05, 0) is 24.6 Å². The van der Waals surface area contributed by atoms with E-state index in [0.29, 0.717) is 37.5 Å². The van der Waals surface area contributed by atoms with Crippen LogP contribution in [0.4, 0.5) is 4.79 Å². The molecule has 2 heterocycles. The minimum absolute atomic E-state index is 0.0857. The Kier molecular flexibility index (Phi) is 5.58. The maximum Gasteiger partial charge on any atom is 0.322 e. The highest BCUT2D eigenvalue weighted by Gasteiger charge is 2.31. The van der Waals surface area contributed by atoms with E-state index in [0.717, 1.165) is 0 Å². The molecule has 2 fully saturated rings. The van der Waals surface area contributed by atoms with E-state index in [2.05, 4.69) is 10.6 Å². The SMILES string of the molecule is COc1cccc(C(=O)N2CCN(C(=O)CC[C@H]3NC(=O)NC3=O)CC2)c1. The van der Waals surface area contributed by atoms with Gasteiger partial charge in [0.15, 0.2) is 0 Å². The number of hydrogen-bond acceptors (Lipinski definition) is 5. The molecule has 5 amide bonds. The minimum atomic E-state index is -0.655. The molecule has 0 saturated carbocycles. The van der Waals surface area contributed by atoms with Crippen LogP contribution in [0, 0.1) is 0 Å². The molecule has 9 heteroatoms. The Morgan fingerprint density at radius 3 is 2.48 bits per heavy atom. The van der Waals surface area contributed by atoms with E-state index in [1.54, 1.807) is 41.2 Å². The molecule has 0 bridgehead atoms. The standard InChI is InChI=1S/C18H22N4O5/c1-27-13-4-2-3-12(11-13)17(25)22-9-7-21(8-10-22)15(23)6-5-14-16(24)20-18(26)19-14/h2-4,11,14H,5-10H2,1H3,(H2,19,20,24,26)/t14-/m1/s1. The highest BCUT2D eigenvalue weighted by Crippen LogP contribution is 2.16. The zero-order valence-corrected chi connectivity index (χ0v) is 15.1. The van der Waals surface area contributed by atoms with Gasteiger partial charge in [-0.2, -0.15) is 0 Å². The number of piperazine rings is 1. The summed E-state index contributed by atoms with van der Waals surface area (Å²) in [5.74, 6) is 0.0444. The van der Waals surface area contributed by atoms with Crippen molar-refractivity contribution in [1.29, 1.82) is 0 Å². The zero-order valence-electron chi connectivity index (χ0n) is 15.1. The number of benzene rings is 1. The fraction of sp³-hybridized carbons (Fsp3) is 0.444. The van der Waals surface area contributed by atoms with E-state index >= 15 is 0 Å². The number of carbonyl (C=O) groups excluding carboxylic acids is 4. The number of amides is 5. The molecule has 27 heavy (non-hydrogen) atoms. The number of urea groups is 1. The van der Waals surface area contributed by atoms with Gasteiger partial charge in [-0.25, -0.2) is 4.79 Å². The molecule has 1 atom stereocenters. The fourth-order valence-corrected chi connectivity index (χ4v) is 3.19. The van der Waals surface area contributed by atoms with Crippen molar-refractivity contribution in [2.45, 2.75) is 18.9 Å². The number of hydrogen-bond donors (Lipinski definition) is 2. The summed E-state index contributed by atoms with van der Waals surface area (Å²) in [5, 5.41) is 4.62. The number of nitrogens with one attached hydrogen (secondary N) is 2. The molecule has 0 radical (unpaired) electrons. The first-order chi connectivity index (χ1) is 13.0. The summed E-state index contributed by atoms with van der Waals surface area (Å²) in [6, 6.07) is 5.80. The van der Waals surface area contributed by atoms with Crippen molar-refractivity contribution in [2.24, 2.45) is 0 Å². The molecule has 2 aliphatic heterocycles. The lowest BCUT2D eigenvalue weighted by Crippen LogP contribution is -2.50. The molecule has 144 valence electrons. The maximum atomic E-state index is 12.6. The second kappa shape index (κ2) is 8.07. The van der Waals surface area contributed by atoms with Gasteiger partial charge in [0, 0.05) is 38.2 Å². The van der Waals surface area contributed by atoms with Gasteiger partial charge in [-0.3, -0.25) is 19.7 Å². The Bertz CT molecular complexity index is 758. The van der Waals surface area contributed by atoms with Crippen molar-refractivity contribution in [3.8, 4) is 5.75 Å². The summed E-state index contributed by atoms with van der Waals surface area (Å²) in [6.45, 7) is 1.78. The van der Waals surface area contributed by atoms with Gasteiger partial charge in [0.25, 0.3) is 11.8 Å². The average molecular weight is 374 g/mol. The molecule has 2 N–H and O–H groups in total. The predicted molar refractivity (Wildman–Crippen MR) is 95.2 cm³/mol. The number of methoxy groups -OCH3 is 1. The summed E-state index contributed by atoms with van der Waals surface area (Å²) in [6.07, 6.45) is 0.432. The molecule has 0 unspecified atom stereocenters. The van der Waals surface area contributed by atoms with Crippen molar-refractivity contribution >= 4 is 23.8 Å². The van der Waals surface area contributed by atoms with Crippen molar-refractivity contribution in [1.82, 2.24) is 20.4 Å². The average Bonchev–Trinajstić information content (AvgIpc) is 3.02. The molecule has 1 aromatic carbocycles. The van der Waals surface area contributed by atoms with Gasteiger partial charge < -0.3 is 19.9 Å². The smallest absolute Gasteiger partial charge is 0.322 e. The summed E-state index contributed by atoms with van der Waals surface area (Å²) < 4.78 is 5.15. The van der Waals surface area contributed by atoms with E-state index in [1.807, 2.05) is 0 Å². The van der Waals surface area contributed by atoms with Crippen LogP contribution in [-0.4, -0.2) is 72.9 Å². The van der Waals surface area contributed by atoms with Gasteiger partial charge in [0.1, 0.15) is 11.8 Å². The van der Waals surface area contributed by atoms with E-state index in [1.165, 1.54) is 0 Å². The van der Waals surface area contributed by atoms with Crippen LogP contribution in [-0.2, 0) is 9.59 Å². The first-order valence-corrected chi connectivity index (χ1v) is 8.80. The third kappa shape index (κ3) is 4.36. The Hall–Kier alpha value is -3.10. The molecule has 9 nitrogen and oxygen atoms in total. The van der Waals surface area contributed by atoms with Gasteiger partial charge in [0.2, 0.25) is 5.91 Å². The van der Waals surface area contributed by atoms with Crippen molar-refractivity contribution in [3.05, 3.63) is 29.8 Å². The molecule has 2 aliphatic rings. The highest BCUT2D eigenvalue weighted by atomic mass is 16.5. The number of imide groups is 1. The van der Waals surface area contributed by atoms with Crippen LogP contribution >= 0.6 is 0 Å². The lowest BCUT2D eigenvalue weighted by molar-refractivity contribution is -0.133. The fourth-order valence-electron chi connectivity index (χ4n) is 3.19. The van der Waals surface area contributed by atoms with Crippen LogP contribution in [0.25, 0.3) is 0 Å². The van der Waals surface area contributed by atoms with Gasteiger partial charge in [-0.15, -0.1) is 0 Å². The Balaban J connectivity index is 1.48. The molecule has 1 aromatic rings. The Morgan fingerprint density at radius 2 is 1.85 bits per heavy atom. The topological polar surface area (TPSA) is 108 Å². The van der Waals surface area contributed by atoms with Crippen molar-refractivity contribution in [2.75, 3.05) is 33.3 Å². The first-order valence-electron chi connectivity index (χ1n) is 8.80.